The maximum atomic E-state index is 13.9. The fourth-order valence-corrected chi connectivity index (χ4v) is 3.02. The van der Waals surface area contributed by atoms with Crippen LogP contribution in [-0.2, 0) is 5.41 Å². The van der Waals surface area contributed by atoms with E-state index in [0.717, 1.165) is 0 Å². The second kappa shape index (κ2) is 4.74. The van der Waals surface area contributed by atoms with E-state index in [9.17, 15) is 13.2 Å². The molecule has 1 aliphatic rings. The summed E-state index contributed by atoms with van der Waals surface area (Å²) in [5, 5.41) is 0.269. The summed E-state index contributed by atoms with van der Waals surface area (Å²) in [6.07, 6.45) is -0.210. The first-order valence-corrected chi connectivity index (χ1v) is 6.30. The molecule has 5 heteroatoms. The third-order valence-electron chi connectivity index (χ3n) is 3.82. The van der Waals surface area contributed by atoms with Crippen molar-refractivity contribution in [3.05, 3.63) is 34.6 Å². The first-order chi connectivity index (χ1) is 8.40. The zero-order valence-corrected chi connectivity index (χ0v) is 10.6. The van der Waals surface area contributed by atoms with E-state index in [0.29, 0.717) is 5.56 Å². The minimum absolute atomic E-state index is 0.129. The molecule has 2 N–H and O–H groups in total. The molecule has 100 valence electrons. The van der Waals surface area contributed by atoms with E-state index in [4.69, 9.17) is 17.3 Å². The van der Waals surface area contributed by atoms with Crippen molar-refractivity contribution < 1.29 is 13.2 Å². The number of halogens is 4. The summed E-state index contributed by atoms with van der Waals surface area (Å²) >= 11 is 6.02. The van der Waals surface area contributed by atoms with Crippen LogP contribution in [0.15, 0.2) is 18.2 Å². The average Bonchev–Trinajstić information content (AvgIpc) is 2.31. The van der Waals surface area contributed by atoms with Crippen LogP contribution in [0.2, 0.25) is 5.02 Å². The molecule has 0 atom stereocenters. The summed E-state index contributed by atoms with van der Waals surface area (Å²) in [5.74, 6) is -3.13. The van der Waals surface area contributed by atoms with Crippen molar-refractivity contribution in [2.45, 2.75) is 37.0 Å². The highest BCUT2D eigenvalue weighted by Gasteiger charge is 2.45. The lowest BCUT2D eigenvalue weighted by atomic mass is 9.68. The van der Waals surface area contributed by atoms with Crippen LogP contribution in [0.1, 0.15) is 31.2 Å². The number of rotatable bonds is 2. The van der Waals surface area contributed by atoms with Gasteiger partial charge in [0.15, 0.2) is 0 Å². The standard InChI is InChI=1S/C13H15ClF3N/c14-9-2-1-3-10(15)11(9)12(8-18)4-6-13(16,17)7-5-12/h1-3H,4-8,18H2. The van der Waals surface area contributed by atoms with Gasteiger partial charge in [-0.1, -0.05) is 17.7 Å². The van der Waals surface area contributed by atoms with Gasteiger partial charge in [0.2, 0.25) is 5.92 Å². The number of hydrogen-bond donors (Lipinski definition) is 1. The Hall–Kier alpha value is -0.740. The fourth-order valence-electron chi connectivity index (χ4n) is 2.65. The second-order valence-electron chi connectivity index (χ2n) is 4.94. The van der Waals surface area contributed by atoms with Gasteiger partial charge in [-0.3, -0.25) is 0 Å². The van der Waals surface area contributed by atoms with Crippen LogP contribution in [0, 0.1) is 5.82 Å². The van der Waals surface area contributed by atoms with Crippen LogP contribution in [0.25, 0.3) is 0 Å². The van der Waals surface area contributed by atoms with Gasteiger partial charge in [0.05, 0.1) is 0 Å². The molecule has 0 bridgehead atoms. The van der Waals surface area contributed by atoms with E-state index >= 15 is 0 Å². The zero-order valence-electron chi connectivity index (χ0n) is 9.86. The Morgan fingerprint density at radius 1 is 1.17 bits per heavy atom. The van der Waals surface area contributed by atoms with Gasteiger partial charge in [0.1, 0.15) is 5.82 Å². The summed E-state index contributed by atoms with van der Waals surface area (Å²) in [4.78, 5) is 0. The third kappa shape index (κ3) is 2.36. The monoisotopic (exact) mass is 277 g/mol. The Labute approximate surface area is 109 Å². The Kier molecular flexibility index (Phi) is 3.60. The van der Waals surface area contributed by atoms with E-state index < -0.39 is 17.2 Å². The molecule has 1 fully saturated rings. The largest absolute Gasteiger partial charge is 0.330 e. The molecule has 2 rings (SSSR count). The molecule has 0 saturated heterocycles. The molecule has 1 saturated carbocycles. The van der Waals surface area contributed by atoms with Crippen molar-refractivity contribution in [2.75, 3.05) is 6.54 Å². The lowest BCUT2D eigenvalue weighted by molar-refractivity contribution is -0.0513. The Bertz CT molecular complexity index is 418. The normalized spacial score (nSPS) is 21.8. The number of hydrogen-bond acceptors (Lipinski definition) is 1. The highest BCUT2D eigenvalue weighted by Crippen LogP contribution is 2.47. The van der Waals surface area contributed by atoms with Gasteiger partial charge in [-0.25, -0.2) is 13.2 Å². The quantitative estimate of drug-likeness (QED) is 0.872. The summed E-state index contributed by atoms with van der Waals surface area (Å²) in [6, 6.07) is 4.37. The van der Waals surface area contributed by atoms with Gasteiger partial charge < -0.3 is 5.73 Å². The highest BCUT2D eigenvalue weighted by molar-refractivity contribution is 6.31. The van der Waals surface area contributed by atoms with Gasteiger partial charge >= 0.3 is 0 Å². The highest BCUT2D eigenvalue weighted by atomic mass is 35.5. The fraction of sp³-hybridized carbons (Fsp3) is 0.538. The molecule has 0 amide bonds. The maximum absolute atomic E-state index is 13.9. The summed E-state index contributed by atoms with van der Waals surface area (Å²) in [5.41, 5.74) is 5.26. The predicted molar refractivity (Wildman–Crippen MR) is 65.6 cm³/mol. The topological polar surface area (TPSA) is 26.0 Å². The van der Waals surface area contributed by atoms with Gasteiger partial charge in [0.25, 0.3) is 0 Å². The minimum atomic E-state index is -2.67. The minimum Gasteiger partial charge on any atom is -0.330 e. The molecule has 0 aliphatic heterocycles. The molecule has 0 radical (unpaired) electrons. The Morgan fingerprint density at radius 2 is 1.78 bits per heavy atom. The van der Waals surface area contributed by atoms with Crippen LogP contribution in [-0.4, -0.2) is 12.5 Å². The van der Waals surface area contributed by atoms with Gasteiger partial charge in [-0.2, -0.15) is 0 Å². The molecule has 1 aliphatic carbocycles. The molecule has 0 aromatic heterocycles. The average molecular weight is 278 g/mol. The molecule has 1 aromatic carbocycles. The Morgan fingerprint density at radius 3 is 2.28 bits per heavy atom. The summed E-state index contributed by atoms with van der Waals surface area (Å²) < 4.78 is 40.4. The van der Waals surface area contributed by atoms with Gasteiger partial charge in [-0.15, -0.1) is 0 Å². The van der Waals surface area contributed by atoms with Gasteiger partial charge in [-0.05, 0) is 25.0 Å². The molecular formula is C13H15ClF3N. The first kappa shape index (κ1) is 13.7. The molecule has 0 spiro atoms. The van der Waals surface area contributed by atoms with Crippen molar-refractivity contribution in [3.8, 4) is 0 Å². The molecule has 1 aromatic rings. The van der Waals surface area contributed by atoms with E-state index in [1.165, 1.54) is 12.1 Å². The van der Waals surface area contributed by atoms with Crippen molar-refractivity contribution in [1.82, 2.24) is 0 Å². The molecule has 0 unspecified atom stereocenters. The maximum Gasteiger partial charge on any atom is 0.248 e. The smallest absolute Gasteiger partial charge is 0.248 e. The molecule has 0 heterocycles. The SMILES string of the molecule is NCC1(c2c(F)cccc2Cl)CCC(F)(F)CC1. The lowest BCUT2D eigenvalue weighted by Crippen LogP contribution is -2.42. The van der Waals surface area contributed by atoms with Crippen LogP contribution < -0.4 is 5.73 Å². The molecule has 1 nitrogen and oxygen atoms in total. The van der Waals surface area contributed by atoms with E-state index in [2.05, 4.69) is 0 Å². The second-order valence-corrected chi connectivity index (χ2v) is 5.34. The lowest BCUT2D eigenvalue weighted by Gasteiger charge is -2.40. The van der Waals surface area contributed by atoms with Crippen molar-refractivity contribution in [3.63, 3.8) is 0 Å². The van der Waals surface area contributed by atoms with E-state index in [-0.39, 0.29) is 37.3 Å². The number of alkyl halides is 2. The van der Waals surface area contributed by atoms with Crippen LogP contribution in [0.4, 0.5) is 13.2 Å². The van der Waals surface area contributed by atoms with Crippen LogP contribution in [0.3, 0.4) is 0 Å². The van der Waals surface area contributed by atoms with Crippen LogP contribution >= 0.6 is 11.6 Å². The van der Waals surface area contributed by atoms with Crippen molar-refractivity contribution in [2.24, 2.45) is 5.73 Å². The predicted octanol–water partition coefficient (Wildman–Crippen LogP) is 3.88. The van der Waals surface area contributed by atoms with Gasteiger partial charge in [0, 0.05) is 35.4 Å². The van der Waals surface area contributed by atoms with Crippen molar-refractivity contribution >= 4 is 11.6 Å². The zero-order chi connectivity index (χ0) is 13.4. The summed E-state index contributed by atoms with van der Waals surface area (Å²) in [7, 11) is 0. The first-order valence-electron chi connectivity index (χ1n) is 5.93. The van der Waals surface area contributed by atoms with Crippen molar-refractivity contribution in [1.29, 1.82) is 0 Å². The number of nitrogens with two attached hydrogens (primary N) is 1. The third-order valence-corrected chi connectivity index (χ3v) is 4.14. The molecule has 18 heavy (non-hydrogen) atoms. The Balaban J connectivity index is 2.40. The number of benzene rings is 1. The van der Waals surface area contributed by atoms with E-state index in [1.54, 1.807) is 6.07 Å². The van der Waals surface area contributed by atoms with E-state index in [1.807, 2.05) is 0 Å². The molecular weight excluding hydrogens is 263 g/mol. The summed E-state index contributed by atoms with van der Waals surface area (Å²) in [6.45, 7) is 0.129. The van der Waals surface area contributed by atoms with Crippen LogP contribution in [0.5, 0.6) is 0 Å².